The van der Waals surface area contributed by atoms with Gasteiger partial charge in [-0.15, -0.1) is 0 Å². The maximum atomic E-state index is 4.06. The molecule has 2 aliphatic carbocycles. The van der Waals surface area contributed by atoms with Crippen LogP contribution in [0.25, 0.3) is 0 Å². The van der Waals surface area contributed by atoms with Gasteiger partial charge in [-0.05, 0) is 49.1 Å². The first-order valence-corrected chi connectivity index (χ1v) is 8.72. The molecule has 0 aliphatic heterocycles. The highest BCUT2D eigenvalue weighted by atomic mass is 15.0. The van der Waals surface area contributed by atoms with Crippen LogP contribution in [0.3, 0.4) is 0 Å². The number of benzene rings is 1. The Labute approximate surface area is 124 Å². The molecule has 1 nitrogen and oxygen atoms in total. The van der Waals surface area contributed by atoms with Crippen LogP contribution in [0.15, 0.2) is 24.3 Å². The largest absolute Gasteiger partial charge is 0.307 e. The topological polar surface area (TPSA) is 12.0 Å². The molecule has 0 spiro atoms. The van der Waals surface area contributed by atoms with Crippen molar-refractivity contribution in [3.63, 3.8) is 0 Å². The van der Waals surface area contributed by atoms with Crippen molar-refractivity contribution in [3.05, 3.63) is 35.4 Å². The van der Waals surface area contributed by atoms with E-state index in [9.17, 15) is 0 Å². The molecule has 3 rings (SSSR count). The van der Waals surface area contributed by atoms with Crippen LogP contribution in [-0.4, -0.2) is 6.04 Å². The normalized spacial score (nSPS) is 30.6. The molecule has 20 heavy (non-hydrogen) atoms. The lowest BCUT2D eigenvalue weighted by molar-refractivity contribution is 0.232. The Morgan fingerprint density at radius 3 is 2.70 bits per heavy atom. The van der Waals surface area contributed by atoms with Crippen LogP contribution >= 0.6 is 0 Å². The summed E-state index contributed by atoms with van der Waals surface area (Å²) in [6, 6.07) is 10.5. The Kier molecular flexibility index (Phi) is 4.77. The van der Waals surface area contributed by atoms with E-state index in [1.165, 1.54) is 57.8 Å². The van der Waals surface area contributed by atoms with Gasteiger partial charge in [0.25, 0.3) is 0 Å². The second-order valence-electron chi connectivity index (χ2n) is 6.72. The van der Waals surface area contributed by atoms with Crippen LogP contribution in [0.2, 0.25) is 0 Å². The minimum absolute atomic E-state index is 0.603. The van der Waals surface area contributed by atoms with Gasteiger partial charge in [0, 0.05) is 12.1 Å². The maximum absolute atomic E-state index is 4.06. The summed E-state index contributed by atoms with van der Waals surface area (Å²) in [5.41, 5.74) is 3.18. The molecule has 2 aliphatic rings. The standard InChI is InChI=1S/C19H29N/c1-2-15-9-4-7-13-18(15)20-19-14-8-5-11-16-10-3-6-12-17(16)19/h3,6,10,12,15,18-20H,2,4-5,7-9,11,13-14H2,1H3. The fraction of sp³-hybridized carbons (Fsp3) is 0.684. The lowest BCUT2D eigenvalue weighted by atomic mass is 9.82. The van der Waals surface area contributed by atoms with Crippen LogP contribution in [0.5, 0.6) is 0 Å². The minimum Gasteiger partial charge on any atom is -0.307 e. The first-order valence-electron chi connectivity index (χ1n) is 8.72. The summed E-state index contributed by atoms with van der Waals surface area (Å²) in [4.78, 5) is 0. The van der Waals surface area contributed by atoms with Gasteiger partial charge in [0.1, 0.15) is 0 Å². The van der Waals surface area contributed by atoms with E-state index in [0.717, 1.165) is 12.0 Å². The van der Waals surface area contributed by atoms with E-state index in [4.69, 9.17) is 0 Å². The van der Waals surface area contributed by atoms with Gasteiger partial charge in [-0.25, -0.2) is 0 Å². The van der Waals surface area contributed by atoms with Crippen molar-refractivity contribution in [1.82, 2.24) is 5.32 Å². The average molecular weight is 271 g/mol. The van der Waals surface area contributed by atoms with E-state index in [1.807, 2.05) is 0 Å². The van der Waals surface area contributed by atoms with Crippen LogP contribution in [0, 0.1) is 5.92 Å². The minimum atomic E-state index is 0.603. The molecule has 1 N–H and O–H groups in total. The quantitative estimate of drug-likeness (QED) is 0.762. The second kappa shape index (κ2) is 6.76. The summed E-state index contributed by atoms with van der Waals surface area (Å²) in [6.45, 7) is 2.37. The molecule has 0 amide bonds. The van der Waals surface area contributed by atoms with Crippen molar-refractivity contribution in [2.24, 2.45) is 5.92 Å². The molecular formula is C19H29N. The zero-order valence-electron chi connectivity index (χ0n) is 12.9. The van der Waals surface area contributed by atoms with Crippen LogP contribution in [0.4, 0.5) is 0 Å². The van der Waals surface area contributed by atoms with E-state index in [2.05, 4.69) is 36.5 Å². The first-order chi connectivity index (χ1) is 9.88. The highest BCUT2D eigenvalue weighted by Gasteiger charge is 2.27. The number of aryl methyl sites for hydroxylation is 1. The Bertz CT molecular complexity index is 426. The highest BCUT2D eigenvalue weighted by molar-refractivity contribution is 5.31. The maximum Gasteiger partial charge on any atom is 0.0325 e. The molecule has 3 atom stereocenters. The summed E-state index contributed by atoms with van der Waals surface area (Å²) in [5, 5.41) is 4.06. The molecule has 1 aromatic rings. The fourth-order valence-corrected chi connectivity index (χ4v) is 4.27. The molecule has 0 saturated heterocycles. The van der Waals surface area contributed by atoms with Gasteiger partial charge < -0.3 is 5.32 Å². The van der Waals surface area contributed by atoms with Crippen molar-refractivity contribution in [2.75, 3.05) is 0 Å². The Morgan fingerprint density at radius 2 is 1.80 bits per heavy atom. The lowest BCUT2D eigenvalue weighted by Gasteiger charge is -2.35. The van der Waals surface area contributed by atoms with E-state index in [-0.39, 0.29) is 0 Å². The van der Waals surface area contributed by atoms with Gasteiger partial charge in [0.15, 0.2) is 0 Å². The Morgan fingerprint density at radius 1 is 1.00 bits per heavy atom. The molecule has 0 heterocycles. The summed E-state index contributed by atoms with van der Waals surface area (Å²) in [7, 11) is 0. The van der Waals surface area contributed by atoms with Gasteiger partial charge >= 0.3 is 0 Å². The number of rotatable bonds is 3. The van der Waals surface area contributed by atoms with Gasteiger partial charge in [-0.1, -0.05) is 56.9 Å². The molecule has 1 fully saturated rings. The van der Waals surface area contributed by atoms with E-state index in [0.29, 0.717) is 6.04 Å². The fourth-order valence-electron chi connectivity index (χ4n) is 4.27. The molecule has 1 heteroatoms. The number of nitrogens with one attached hydrogen (secondary N) is 1. The van der Waals surface area contributed by atoms with Crippen molar-refractivity contribution in [3.8, 4) is 0 Å². The van der Waals surface area contributed by atoms with Crippen LogP contribution in [0.1, 0.15) is 75.5 Å². The molecule has 0 aromatic heterocycles. The summed E-state index contributed by atoms with van der Waals surface area (Å²) in [5.74, 6) is 0.902. The predicted molar refractivity (Wildman–Crippen MR) is 85.9 cm³/mol. The Hall–Kier alpha value is -0.820. The third-order valence-electron chi connectivity index (χ3n) is 5.47. The molecule has 1 aromatic carbocycles. The molecule has 0 radical (unpaired) electrons. The zero-order valence-corrected chi connectivity index (χ0v) is 12.9. The smallest absolute Gasteiger partial charge is 0.0325 e. The third-order valence-corrected chi connectivity index (χ3v) is 5.47. The van der Waals surface area contributed by atoms with E-state index >= 15 is 0 Å². The van der Waals surface area contributed by atoms with Crippen molar-refractivity contribution >= 4 is 0 Å². The van der Waals surface area contributed by atoms with Crippen molar-refractivity contribution in [1.29, 1.82) is 0 Å². The molecule has 1 saturated carbocycles. The van der Waals surface area contributed by atoms with E-state index < -0.39 is 0 Å². The average Bonchev–Trinajstić information content (AvgIpc) is 2.71. The van der Waals surface area contributed by atoms with Gasteiger partial charge in [0.2, 0.25) is 0 Å². The van der Waals surface area contributed by atoms with Gasteiger partial charge in [0.05, 0.1) is 0 Å². The number of hydrogen-bond acceptors (Lipinski definition) is 1. The first kappa shape index (κ1) is 14.1. The lowest BCUT2D eigenvalue weighted by Crippen LogP contribution is -2.40. The SMILES string of the molecule is CCC1CCCCC1NC1CCCCc2ccccc21. The molecule has 0 bridgehead atoms. The third kappa shape index (κ3) is 3.09. The molecule has 110 valence electrons. The van der Waals surface area contributed by atoms with Gasteiger partial charge in [-0.3, -0.25) is 0 Å². The molecular weight excluding hydrogens is 242 g/mol. The summed E-state index contributed by atoms with van der Waals surface area (Å²) < 4.78 is 0. The summed E-state index contributed by atoms with van der Waals surface area (Å²) >= 11 is 0. The molecule has 3 unspecified atom stereocenters. The number of hydrogen-bond donors (Lipinski definition) is 1. The monoisotopic (exact) mass is 271 g/mol. The zero-order chi connectivity index (χ0) is 13.8. The summed E-state index contributed by atoms with van der Waals surface area (Å²) in [6.07, 6.45) is 12.3. The van der Waals surface area contributed by atoms with Crippen molar-refractivity contribution in [2.45, 2.75) is 76.8 Å². The van der Waals surface area contributed by atoms with Gasteiger partial charge in [-0.2, -0.15) is 0 Å². The van der Waals surface area contributed by atoms with E-state index in [1.54, 1.807) is 11.1 Å². The predicted octanol–water partition coefficient (Wildman–Crippen LogP) is 5.01. The van der Waals surface area contributed by atoms with Crippen molar-refractivity contribution < 1.29 is 0 Å². The Balaban J connectivity index is 1.76. The van der Waals surface area contributed by atoms with Crippen LogP contribution < -0.4 is 5.32 Å². The highest BCUT2D eigenvalue weighted by Crippen LogP contribution is 2.33. The van der Waals surface area contributed by atoms with Crippen LogP contribution in [-0.2, 0) is 6.42 Å². The number of fused-ring (bicyclic) bond motifs is 1. The second-order valence-corrected chi connectivity index (χ2v) is 6.72.